The van der Waals surface area contributed by atoms with Crippen molar-refractivity contribution < 1.29 is 28.6 Å². The molecule has 1 aromatic carbocycles. The number of ether oxygens (including phenoxy) is 2. The second-order valence-electron chi connectivity index (χ2n) is 9.87. The number of aliphatic hydroxyl groups excluding tert-OH is 1. The molecule has 1 aliphatic carbocycles. The molecule has 10 nitrogen and oxygen atoms in total. The van der Waals surface area contributed by atoms with Gasteiger partial charge in [0.25, 0.3) is 17.4 Å². The molecule has 0 saturated carbocycles. The smallest absolute Gasteiger partial charge is 0.296 e. The van der Waals surface area contributed by atoms with Gasteiger partial charge in [0.1, 0.15) is 18.2 Å². The van der Waals surface area contributed by atoms with E-state index in [2.05, 4.69) is 15.6 Å². The summed E-state index contributed by atoms with van der Waals surface area (Å²) in [4.78, 5) is 44.5. The summed E-state index contributed by atoms with van der Waals surface area (Å²) >= 11 is 0. The molecule has 0 radical (unpaired) electrons. The zero-order valence-corrected chi connectivity index (χ0v) is 23.2. The Morgan fingerprint density at radius 2 is 2.00 bits per heavy atom. The number of aromatic nitrogens is 2. The van der Waals surface area contributed by atoms with Crippen molar-refractivity contribution in [1.29, 1.82) is 0 Å². The number of aliphatic hydroxyl groups is 1. The maximum absolute atomic E-state index is 13.9. The third-order valence-electron chi connectivity index (χ3n) is 7.30. The van der Waals surface area contributed by atoms with E-state index in [1.54, 1.807) is 6.92 Å². The highest BCUT2D eigenvalue weighted by atomic mass is 19.1. The van der Waals surface area contributed by atoms with Crippen LogP contribution in [0.4, 0.5) is 4.39 Å². The summed E-state index contributed by atoms with van der Waals surface area (Å²) in [6.07, 6.45) is 11.2. The van der Waals surface area contributed by atoms with Crippen LogP contribution in [0.2, 0.25) is 0 Å². The quantitative estimate of drug-likeness (QED) is 0.403. The summed E-state index contributed by atoms with van der Waals surface area (Å²) < 4.78 is 26.8. The van der Waals surface area contributed by atoms with Crippen LogP contribution in [0.5, 0.6) is 5.75 Å². The number of benzene rings is 1. The summed E-state index contributed by atoms with van der Waals surface area (Å²) in [6.45, 7) is 2.40. The highest BCUT2D eigenvalue weighted by molar-refractivity contribution is 5.97. The average Bonchev–Trinajstić information content (AvgIpc) is 3.28. The zero-order chi connectivity index (χ0) is 29.4. The van der Waals surface area contributed by atoms with Gasteiger partial charge >= 0.3 is 0 Å². The second-order valence-corrected chi connectivity index (χ2v) is 9.87. The number of allylic oxidation sites excluding steroid dienone is 4. The molecular weight excluding hydrogens is 531 g/mol. The van der Waals surface area contributed by atoms with Gasteiger partial charge in [-0.1, -0.05) is 36.4 Å². The molecule has 218 valence electrons. The van der Waals surface area contributed by atoms with Gasteiger partial charge in [0.05, 0.1) is 12.0 Å². The van der Waals surface area contributed by atoms with E-state index >= 15 is 0 Å². The molecule has 0 spiro atoms. The number of nitrogens with zero attached hydrogens (tertiary/aromatic N) is 2. The Morgan fingerprint density at radius 3 is 2.71 bits per heavy atom. The lowest BCUT2D eigenvalue weighted by atomic mass is 9.79. The Hall–Kier alpha value is -4.09. The summed E-state index contributed by atoms with van der Waals surface area (Å²) in [5.41, 5.74) is -0.396. The van der Waals surface area contributed by atoms with Crippen LogP contribution < -0.4 is 20.9 Å². The number of hydrogen-bond donors (Lipinski definition) is 3. The number of amides is 2. The summed E-state index contributed by atoms with van der Waals surface area (Å²) in [5, 5.41) is 15.6. The van der Waals surface area contributed by atoms with Crippen LogP contribution in [0.3, 0.4) is 0 Å². The van der Waals surface area contributed by atoms with Crippen molar-refractivity contribution in [2.75, 3.05) is 33.5 Å². The van der Waals surface area contributed by atoms with Gasteiger partial charge in [0.15, 0.2) is 5.69 Å². The SMILES string of the molecule is CCn1c(C2(CO)CCOCC2)nc(C(=O)NCc2ccc(F)cc2C(=O)NC)c(OCC2=CC=CCC=C2)c1=O. The molecule has 11 heteroatoms. The number of nitrogens with one attached hydrogen (secondary N) is 2. The molecule has 2 heterocycles. The molecule has 2 aromatic rings. The van der Waals surface area contributed by atoms with E-state index in [1.165, 1.54) is 23.7 Å². The first kappa shape index (κ1) is 29.9. The third-order valence-corrected chi connectivity index (χ3v) is 7.30. The lowest BCUT2D eigenvalue weighted by molar-refractivity contribution is 0.0194. The Kier molecular flexibility index (Phi) is 9.85. The van der Waals surface area contributed by atoms with Gasteiger partial charge in [0.2, 0.25) is 5.75 Å². The molecule has 0 bridgehead atoms. The van der Waals surface area contributed by atoms with Crippen molar-refractivity contribution in [3.05, 3.63) is 93.0 Å². The van der Waals surface area contributed by atoms with Gasteiger partial charge in [-0.2, -0.15) is 0 Å². The highest BCUT2D eigenvalue weighted by Crippen LogP contribution is 2.34. The molecule has 1 saturated heterocycles. The Bertz CT molecular complexity index is 1440. The topological polar surface area (TPSA) is 132 Å². The molecular formula is C30H35FN4O6. The predicted octanol–water partition coefficient (Wildman–Crippen LogP) is 2.55. The van der Waals surface area contributed by atoms with Crippen LogP contribution in [-0.4, -0.2) is 59.9 Å². The Morgan fingerprint density at radius 1 is 1.22 bits per heavy atom. The largest absolute Gasteiger partial charge is 0.481 e. The molecule has 3 N–H and O–H groups in total. The van der Waals surface area contributed by atoms with Gasteiger partial charge in [-0.25, -0.2) is 9.37 Å². The first-order chi connectivity index (χ1) is 19.8. The lowest BCUT2D eigenvalue weighted by Gasteiger charge is -2.36. The van der Waals surface area contributed by atoms with E-state index in [1.807, 2.05) is 30.4 Å². The molecule has 41 heavy (non-hydrogen) atoms. The number of rotatable bonds is 10. The van der Waals surface area contributed by atoms with Crippen molar-refractivity contribution in [1.82, 2.24) is 20.2 Å². The highest BCUT2D eigenvalue weighted by Gasteiger charge is 2.40. The molecule has 0 atom stereocenters. The second kappa shape index (κ2) is 13.5. The van der Waals surface area contributed by atoms with Gasteiger partial charge in [-0.05, 0) is 49.5 Å². The fraction of sp³-hybridized carbons (Fsp3) is 0.400. The van der Waals surface area contributed by atoms with Crippen LogP contribution >= 0.6 is 0 Å². The van der Waals surface area contributed by atoms with Gasteiger partial charge < -0.3 is 25.2 Å². The first-order valence-corrected chi connectivity index (χ1v) is 13.6. The van der Waals surface area contributed by atoms with Crippen LogP contribution in [0.25, 0.3) is 0 Å². The molecule has 1 fully saturated rings. The maximum atomic E-state index is 13.9. The molecule has 4 rings (SSSR count). The normalized spacial score (nSPS) is 16.0. The Labute approximate surface area is 237 Å². The molecule has 1 aliphatic heterocycles. The number of carbonyl (C=O) groups is 2. The van der Waals surface area contributed by atoms with Crippen molar-refractivity contribution in [3.8, 4) is 5.75 Å². The van der Waals surface area contributed by atoms with Crippen molar-refractivity contribution >= 4 is 11.8 Å². The summed E-state index contributed by atoms with van der Waals surface area (Å²) in [5.74, 6) is -1.74. The maximum Gasteiger partial charge on any atom is 0.296 e. The summed E-state index contributed by atoms with van der Waals surface area (Å²) in [7, 11) is 1.43. The Balaban J connectivity index is 1.75. The standard InChI is InChI=1S/C30H35FN4O6/c1-3-35-28(39)25(41-18-20-8-6-4-5-7-9-20)24(34-29(35)30(19-36)12-14-40-15-13-30)27(38)33-17-21-10-11-22(31)16-23(21)26(37)32-2/h4,6-11,16,36H,3,5,12-15,17-19H2,1-2H3,(H,32,37)(H,33,38). The van der Waals surface area contributed by atoms with Crippen LogP contribution in [-0.2, 0) is 23.2 Å². The average molecular weight is 567 g/mol. The zero-order valence-electron chi connectivity index (χ0n) is 23.2. The molecule has 0 unspecified atom stereocenters. The minimum absolute atomic E-state index is 0.0267. The van der Waals surface area contributed by atoms with E-state index < -0.39 is 28.6 Å². The van der Waals surface area contributed by atoms with E-state index in [-0.39, 0.29) is 49.1 Å². The molecule has 2 aliphatic rings. The van der Waals surface area contributed by atoms with Crippen LogP contribution in [0.1, 0.15) is 58.4 Å². The predicted molar refractivity (Wildman–Crippen MR) is 150 cm³/mol. The van der Waals surface area contributed by atoms with Crippen molar-refractivity contribution in [2.24, 2.45) is 0 Å². The van der Waals surface area contributed by atoms with E-state index in [4.69, 9.17) is 9.47 Å². The molecule has 2 amide bonds. The van der Waals surface area contributed by atoms with Gasteiger partial charge in [-0.15, -0.1) is 0 Å². The van der Waals surface area contributed by atoms with Gasteiger partial charge in [0, 0.05) is 38.9 Å². The lowest BCUT2D eigenvalue weighted by Crippen LogP contribution is -2.44. The fourth-order valence-electron chi connectivity index (χ4n) is 4.92. The number of carbonyl (C=O) groups excluding carboxylic acids is 2. The van der Waals surface area contributed by atoms with Crippen molar-refractivity contribution in [2.45, 2.75) is 44.7 Å². The fourth-order valence-corrected chi connectivity index (χ4v) is 4.92. The van der Waals surface area contributed by atoms with E-state index in [0.29, 0.717) is 31.6 Å². The van der Waals surface area contributed by atoms with Crippen molar-refractivity contribution in [3.63, 3.8) is 0 Å². The van der Waals surface area contributed by atoms with E-state index in [9.17, 15) is 23.9 Å². The monoisotopic (exact) mass is 566 g/mol. The number of halogens is 1. The van der Waals surface area contributed by atoms with E-state index in [0.717, 1.165) is 18.1 Å². The summed E-state index contributed by atoms with van der Waals surface area (Å²) in [6, 6.07) is 3.69. The van der Waals surface area contributed by atoms with Crippen LogP contribution in [0.15, 0.2) is 58.9 Å². The van der Waals surface area contributed by atoms with Crippen LogP contribution in [0, 0.1) is 5.82 Å². The third kappa shape index (κ3) is 6.63. The van der Waals surface area contributed by atoms with Gasteiger partial charge in [-0.3, -0.25) is 19.0 Å². The minimum atomic E-state index is -0.873. The first-order valence-electron chi connectivity index (χ1n) is 13.6. The molecule has 1 aromatic heterocycles. The minimum Gasteiger partial charge on any atom is -0.481 e. The number of hydrogen-bond acceptors (Lipinski definition) is 7.